The van der Waals surface area contributed by atoms with Crippen LogP contribution in [-0.4, -0.2) is 79.1 Å². The summed E-state index contributed by atoms with van der Waals surface area (Å²) in [6, 6.07) is 10.6. The third-order valence-electron chi connectivity index (χ3n) is 5.51. The topological polar surface area (TPSA) is 36.0 Å². The lowest BCUT2D eigenvalue weighted by Crippen LogP contribution is -2.43. The van der Waals surface area contributed by atoms with Crippen molar-refractivity contribution in [2.75, 3.05) is 52.4 Å². The highest BCUT2D eigenvalue weighted by Gasteiger charge is 2.34. The molecule has 2 aliphatic rings. The number of amides is 1. The molecule has 0 aliphatic carbocycles. The van der Waals surface area contributed by atoms with Gasteiger partial charge in [-0.2, -0.15) is 0 Å². The second kappa shape index (κ2) is 8.68. The lowest BCUT2D eigenvalue weighted by molar-refractivity contribution is -0.128. The van der Waals surface area contributed by atoms with Crippen LogP contribution in [0.1, 0.15) is 20.3 Å². The summed E-state index contributed by atoms with van der Waals surface area (Å²) in [5.41, 5.74) is 0. The van der Waals surface area contributed by atoms with Gasteiger partial charge in [0.2, 0.25) is 5.91 Å². The molecule has 0 radical (unpaired) electrons. The van der Waals surface area contributed by atoms with E-state index < -0.39 is 0 Å². The Morgan fingerprint density at radius 1 is 1.12 bits per heavy atom. The van der Waals surface area contributed by atoms with Crippen LogP contribution in [0.25, 0.3) is 0 Å². The molecule has 5 nitrogen and oxygen atoms in total. The number of nitrogens with zero attached hydrogens (tertiary/aromatic N) is 3. The fraction of sp³-hybridized carbons (Fsp3) is 0.650. The summed E-state index contributed by atoms with van der Waals surface area (Å²) in [6.07, 6.45) is 1.08. The minimum absolute atomic E-state index is 0.209. The molecule has 2 fully saturated rings. The molecular weight excluding hydrogens is 314 g/mol. The molecule has 0 unspecified atom stereocenters. The molecule has 1 aromatic carbocycles. The van der Waals surface area contributed by atoms with E-state index in [1.807, 2.05) is 35.2 Å². The zero-order valence-electron chi connectivity index (χ0n) is 15.6. The number of ether oxygens (including phenoxy) is 1. The molecule has 1 amide bonds. The van der Waals surface area contributed by atoms with Crippen molar-refractivity contribution in [3.63, 3.8) is 0 Å². The Labute approximate surface area is 151 Å². The van der Waals surface area contributed by atoms with E-state index >= 15 is 0 Å². The lowest BCUT2D eigenvalue weighted by Gasteiger charge is -2.30. The second-order valence-electron chi connectivity index (χ2n) is 7.36. The molecule has 2 aliphatic heterocycles. The smallest absolute Gasteiger partial charge is 0.219 e. The van der Waals surface area contributed by atoms with Gasteiger partial charge in [0.25, 0.3) is 0 Å². The number of carbonyl (C=O) groups excluding carboxylic acids is 1. The maximum Gasteiger partial charge on any atom is 0.219 e. The molecule has 0 N–H and O–H groups in total. The summed E-state index contributed by atoms with van der Waals surface area (Å²) < 4.78 is 5.84. The van der Waals surface area contributed by atoms with Crippen LogP contribution in [0.15, 0.2) is 30.3 Å². The van der Waals surface area contributed by atoms with E-state index in [2.05, 4.69) is 16.7 Å². The first-order valence-electron chi connectivity index (χ1n) is 9.53. The van der Waals surface area contributed by atoms with E-state index in [1.54, 1.807) is 6.92 Å². The predicted octanol–water partition coefficient (Wildman–Crippen LogP) is 1.94. The number of benzene rings is 1. The lowest BCUT2D eigenvalue weighted by atomic mass is 10.0. The average molecular weight is 345 g/mol. The normalized spacial score (nSPS) is 25.8. The van der Waals surface area contributed by atoms with E-state index in [1.165, 1.54) is 0 Å². The molecule has 3 rings (SSSR count). The van der Waals surface area contributed by atoms with Gasteiger partial charge in [-0.1, -0.05) is 25.1 Å². The minimum atomic E-state index is 0.209. The largest absolute Gasteiger partial charge is 0.492 e. The van der Waals surface area contributed by atoms with Crippen molar-refractivity contribution in [3.05, 3.63) is 30.3 Å². The maximum atomic E-state index is 11.6. The molecule has 0 bridgehead atoms. The van der Waals surface area contributed by atoms with Crippen LogP contribution in [0.2, 0.25) is 0 Å². The number of likely N-dealkylation sites (tertiary alicyclic amines) is 1. The second-order valence-corrected chi connectivity index (χ2v) is 7.36. The van der Waals surface area contributed by atoms with Crippen LogP contribution in [0.4, 0.5) is 0 Å². The SMILES string of the molecule is CC(=O)N1CCCN([C@H]2CN(CCOc3ccccc3)C[C@@H]2C)CC1. The van der Waals surface area contributed by atoms with Gasteiger partial charge in [-0.15, -0.1) is 0 Å². The molecule has 0 spiro atoms. The summed E-state index contributed by atoms with van der Waals surface area (Å²) >= 11 is 0. The molecule has 0 aromatic heterocycles. The molecule has 5 heteroatoms. The first kappa shape index (κ1) is 18.2. The summed E-state index contributed by atoms with van der Waals surface area (Å²) in [6.45, 7) is 11.9. The highest BCUT2D eigenvalue weighted by Crippen LogP contribution is 2.23. The van der Waals surface area contributed by atoms with E-state index in [0.717, 1.165) is 64.6 Å². The Balaban J connectivity index is 1.45. The summed E-state index contributed by atoms with van der Waals surface area (Å²) in [5.74, 6) is 1.82. The van der Waals surface area contributed by atoms with Crippen molar-refractivity contribution in [2.45, 2.75) is 26.3 Å². The molecule has 2 heterocycles. The predicted molar refractivity (Wildman–Crippen MR) is 99.8 cm³/mol. The summed E-state index contributed by atoms with van der Waals surface area (Å²) in [5, 5.41) is 0. The van der Waals surface area contributed by atoms with Crippen molar-refractivity contribution in [2.24, 2.45) is 5.92 Å². The Hall–Kier alpha value is -1.59. The van der Waals surface area contributed by atoms with Crippen LogP contribution in [0.3, 0.4) is 0 Å². The Kier molecular flexibility index (Phi) is 6.32. The van der Waals surface area contributed by atoms with Gasteiger partial charge in [-0.05, 0) is 24.5 Å². The van der Waals surface area contributed by atoms with Crippen molar-refractivity contribution in [1.29, 1.82) is 0 Å². The third kappa shape index (κ3) is 4.95. The number of rotatable bonds is 5. The number of hydrogen-bond acceptors (Lipinski definition) is 4. The third-order valence-corrected chi connectivity index (χ3v) is 5.51. The van der Waals surface area contributed by atoms with Gasteiger partial charge in [-0.3, -0.25) is 14.6 Å². The first-order chi connectivity index (χ1) is 12.1. The number of carbonyl (C=O) groups is 1. The van der Waals surface area contributed by atoms with Gasteiger partial charge in [0.15, 0.2) is 0 Å². The van der Waals surface area contributed by atoms with Crippen molar-refractivity contribution < 1.29 is 9.53 Å². The average Bonchev–Trinajstić information content (AvgIpc) is 2.82. The minimum Gasteiger partial charge on any atom is -0.492 e. The van der Waals surface area contributed by atoms with E-state index in [-0.39, 0.29) is 5.91 Å². The highest BCUT2D eigenvalue weighted by atomic mass is 16.5. The highest BCUT2D eigenvalue weighted by molar-refractivity contribution is 5.73. The monoisotopic (exact) mass is 345 g/mol. The Bertz CT molecular complexity index is 551. The zero-order chi connectivity index (χ0) is 17.6. The van der Waals surface area contributed by atoms with Crippen LogP contribution in [0.5, 0.6) is 5.75 Å². The molecule has 2 saturated heterocycles. The number of hydrogen-bond donors (Lipinski definition) is 0. The van der Waals surface area contributed by atoms with Gasteiger partial charge in [0, 0.05) is 58.8 Å². The van der Waals surface area contributed by atoms with Crippen molar-refractivity contribution in [3.8, 4) is 5.75 Å². The quantitative estimate of drug-likeness (QED) is 0.817. The van der Waals surface area contributed by atoms with Gasteiger partial charge in [-0.25, -0.2) is 0 Å². The van der Waals surface area contributed by atoms with E-state index in [4.69, 9.17) is 4.74 Å². The van der Waals surface area contributed by atoms with E-state index in [0.29, 0.717) is 12.0 Å². The summed E-state index contributed by atoms with van der Waals surface area (Å²) in [7, 11) is 0. The molecule has 0 saturated carbocycles. The van der Waals surface area contributed by atoms with Crippen LogP contribution < -0.4 is 4.74 Å². The van der Waals surface area contributed by atoms with E-state index in [9.17, 15) is 4.79 Å². The molecule has 1 aromatic rings. The summed E-state index contributed by atoms with van der Waals surface area (Å²) in [4.78, 5) is 18.7. The molecular formula is C20H31N3O2. The van der Waals surface area contributed by atoms with Gasteiger partial charge in [0.1, 0.15) is 12.4 Å². The standard InChI is InChI=1S/C20H31N3O2/c1-17-15-21(13-14-25-19-7-4-3-5-8-19)16-20(17)23-10-6-9-22(11-12-23)18(2)24/h3-5,7-8,17,20H,6,9-16H2,1-2H3/t17-,20-/m0/s1. The van der Waals surface area contributed by atoms with Gasteiger partial charge in [0.05, 0.1) is 0 Å². The Morgan fingerprint density at radius 2 is 1.92 bits per heavy atom. The van der Waals surface area contributed by atoms with Crippen LogP contribution in [-0.2, 0) is 4.79 Å². The van der Waals surface area contributed by atoms with Crippen LogP contribution in [0, 0.1) is 5.92 Å². The maximum absolute atomic E-state index is 11.6. The van der Waals surface area contributed by atoms with Crippen LogP contribution >= 0.6 is 0 Å². The Morgan fingerprint density at radius 3 is 2.68 bits per heavy atom. The van der Waals surface area contributed by atoms with Crippen molar-refractivity contribution in [1.82, 2.24) is 14.7 Å². The van der Waals surface area contributed by atoms with Gasteiger partial charge < -0.3 is 9.64 Å². The fourth-order valence-corrected chi connectivity index (χ4v) is 4.10. The fourth-order valence-electron chi connectivity index (χ4n) is 4.10. The molecule has 138 valence electrons. The molecule has 25 heavy (non-hydrogen) atoms. The van der Waals surface area contributed by atoms with Crippen molar-refractivity contribution >= 4 is 5.91 Å². The van der Waals surface area contributed by atoms with Gasteiger partial charge >= 0.3 is 0 Å². The zero-order valence-corrected chi connectivity index (χ0v) is 15.6. The first-order valence-corrected chi connectivity index (χ1v) is 9.53. The number of para-hydroxylation sites is 1. The molecule has 2 atom stereocenters.